The fourth-order valence-corrected chi connectivity index (χ4v) is 3.89. The summed E-state index contributed by atoms with van der Waals surface area (Å²) in [6.45, 7) is 2.06. The Kier molecular flexibility index (Phi) is 5.07. The van der Waals surface area contributed by atoms with E-state index >= 15 is 0 Å². The number of rotatable bonds is 6. The van der Waals surface area contributed by atoms with Crippen LogP contribution in [0, 0.1) is 10.1 Å². The van der Waals surface area contributed by atoms with Crippen LogP contribution in [0.3, 0.4) is 0 Å². The topological polar surface area (TPSA) is 135 Å². The van der Waals surface area contributed by atoms with Gasteiger partial charge in [0.15, 0.2) is 5.65 Å². The molecule has 0 saturated carbocycles. The number of likely N-dealkylation sites (tertiary alicyclic amines) is 1. The number of nitrogens with one attached hydrogen (secondary N) is 2. The minimum atomic E-state index is -0.470. The largest absolute Gasteiger partial charge is 0.366 e. The van der Waals surface area contributed by atoms with Gasteiger partial charge < -0.3 is 10.3 Å². The predicted molar refractivity (Wildman–Crippen MR) is 118 cm³/mol. The average molecular weight is 432 g/mol. The van der Waals surface area contributed by atoms with E-state index in [0.29, 0.717) is 29.2 Å². The zero-order valence-corrected chi connectivity index (χ0v) is 17.0. The van der Waals surface area contributed by atoms with Crippen LogP contribution in [-0.2, 0) is 6.54 Å². The molecular formula is C21H20N8O3. The van der Waals surface area contributed by atoms with Crippen molar-refractivity contribution >= 4 is 22.5 Å². The summed E-state index contributed by atoms with van der Waals surface area (Å²) in [5.41, 5.74) is 1.12. The van der Waals surface area contributed by atoms with E-state index in [0.717, 1.165) is 25.2 Å². The Morgan fingerprint density at radius 2 is 2.03 bits per heavy atom. The standard InChI is InChI=1S/C21H20N8O3/c30-21-17-11-23-28(15-4-2-1-3-5-15)20(17)25-19(26-21)13-27-9-8-14(12-27)24-18-7-6-16(10-22-18)29(31)32/h1-7,10-11,14H,8-9,12-13H2,(H,22,24)(H,25,26,30). The summed E-state index contributed by atoms with van der Waals surface area (Å²) in [6, 6.07) is 12.8. The smallest absolute Gasteiger partial charge is 0.287 e. The Morgan fingerprint density at radius 3 is 2.78 bits per heavy atom. The van der Waals surface area contributed by atoms with E-state index in [1.165, 1.54) is 18.5 Å². The van der Waals surface area contributed by atoms with Crippen molar-refractivity contribution in [3.8, 4) is 5.69 Å². The van der Waals surface area contributed by atoms with Crippen LogP contribution < -0.4 is 10.9 Å². The highest BCUT2D eigenvalue weighted by Crippen LogP contribution is 2.19. The van der Waals surface area contributed by atoms with E-state index in [4.69, 9.17) is 0 Å². The van der Waals surface area contributed by atoms with Crippen LogP contribution in [0.25, 0.3) is 16.7 Å². The molecule has 4 heterocycles. The monoisotopic (exact) mass is 432 g/mol. The lowest BCUT2D eigenvalue weighted by atomic mass is 10.2. The molecule has 1 aliphatic rings. The van der Waals surface area contributed by atoms with Gasteiger partial charge in [-0.05, 0) is 24.6 Å². The molecule has 0 spiro atoms. The van der Waals surface area contributed by atoms with Crippen LogP contribution >= 0.6 is 0 Å². The maximum atomic E-state index is 12.6. The number of nitrogens with zero attached hydrogens (tertiary/aromatic N) is 6. The minimum absolute atomic E-state index is 0.0382. The van der Waals surface area contributed by atoms with Crippen LogP contribution in [0.4, 0.5) is 11.5 Å². The molecule has 0 radical (unpaired) electrons. The number of fused-ring (bicyclic) bond motifs is 1. The predicted octanol–water partition coefficient (Wildman–Crippen LogP) is 2.10. The third-order valence-corrected chi connectivity index (χ3v) is 5.44. The molecule has 3 aromatic heterocycles. The zero-order valence-electron chi connectivity index (χ0n) is 17.0. The lowest BCUT2D eigenvalue weighted by Crippen LogP contribution is -2.27. The Labute approximate surface area is 181 Å². The number of benzene rings is 1. The van der Waals surface area contributed by atoms with Gasteiger partial charge in [0, 0.05) is 25.2 Å². The van der Waals surface area contributed by atoms with Crippen molar-refractivity contribution < 1.29 is 4.92 Å². The molecule has 1 atom stereocenters. The molecule has 2 N–H and O–H groups in total. The first-order chi connectivity index (χ1) is 15.6. The number of aromatic amines is 1. The second kappa shape index (κ2) is 8.19. The molecule has 11 nitrogen and oxygen atoms in total. The summed E-state index contributed by atoms with van der Waals surface area (Å²) in [5, 5.41) is 18.9. The van der Waals surface area contributed by atoms with Crippen molar-refractivity contribution in [3.05, 3.63) is 81.2 Å². The van der Waals surface area contributed by atoms with E-state index in [2.05, 4.69) is 30.3 Å². The Bertz CT molecular complexity index is 1320. The second-order valence-electron chi connectivity index (χ2n) is 7.67. The van der Waals surface area contributed by atoms with Gasteiger partial charge in [0.2, 0.25) is 0 Å². The van der Waals surface area contributed by atoms with Gasteiger partial charge in [-0.3, -0.25) is 19.8 Å². The molecule has 162 valence electrons. The normalized spacial score (nSPS) is 16.4. The molecule has 1 aliphatic heterocycles. The molecule has 11 heteroatoms. The van der Waals surface area contributed by atoms with Gasteiger partial charge in [-0.2, -0.15) is 5.10 Å². The van der Waals surface area contributed by atoms with Crippen molar-refractivity contribution in [1.29, 1.82) is 0 Å². The van der Waals surface area contributed by atoms with Crippen molar-refractivity contribution in [1.82, 2.24) is 29.6 Å². The summed E-state index contributed by atoms with van der Waals surface area (Å²) in [7, 11) is 0. The number of anilines is 1. The molecule has 32 heavy (non-hydrogen) atoms. The first-order valence-corrected chi connectivity index (χ1v) is 10.2. The molecule has 1 saturated heterocycles. The van der Waals surface area contributed by atoms with Gasteiger partial charge in [-0.1, -0.05) is 18.2 Å². The molecule has 1 fully saturated rings. The first-order valence-electron chi connectivity index (χ1n) is 10.2. The number of H-pyrrole nitrogens is 1. The van der Waals surface area contributed by atoms with Gasteiger partial charge in [0.05, 0.1) is 23.4 Å². The number of para-hydroxylation sites is 1. The quantitative estimate of drug-likeness (QED) is 0.349. The van der Waals surface area contributed by atoms with E-state index in [-0.39, 0.29) is 17.3 Å². The number of nitro groups is 1. The van der Waals surface area contributed by atoms with Crippen LogP contribution in [0.2, 0.25) is 0 Å². The first kappa shape index (κ1) is 19.8. The summed E-state index contributed by atoms with van der Waals surface area (Å²) in [6.07, 6.45) is 3.66. The van der Waals surface area contributed by atoms with Crippen LogP contribution in [0.15, 0.2) is 59.7 Å². The molecule has 5 rings (SSSR count). The molecule has 4 aromatic rings. The fourth-order valence-electron chi connectivity index (χ4n) is 3.89. The summed E-state index contributed by atoms with van der Waals surface area (Å²) >= 11 is 0. The van der Waals surface area contributed by atoms with Crippen LogP contribution in [-0.4, -0.2) is 53.7 Å². The molecule has 1 aromatic carbocycles. The zero-order chi connectivity index (χ0) is 22.1. The average Bonchev–Trinajstić information content (AvgIpc) is 3.42. The van der Waals surface area contributed by atoms with Crippen LogP contribution in [0.1, 0.15) is 12.2 Å². The molecule has 1 unspecified atom stereocenters. The van der Waals surface area contributed by atoms with Crippen molar-refractivity contribution in [2.24, 2.45) is 0 Å². The van der Waals surface area contributed by atoms with Gasteiger partial charge in [0.25, 0.3) is 11.2 Å². The Balaban J connectivity index is 1.30. The van der Waals surface area contributed by atoms with Gasteiger partial charge in [-0.25, -0.2) is 14.6 Å². The number of aromatic nitrogens is 5. The van der Waals surface area contributed by atoms with E-state index < -0.39 is 4.92 Å². The van der Waals surface area contributed by atoms with Crippen molar-refractivity contribution in [2.75, 3.05) is 18.4 Å². The third-order valence-electron chi connectivity index (χ3n) is 5.44. The summed E-state index contributed by atoms with van der Waals surface area (Å²) < 4.78 is 1.67. The summed E-state index contributed by atoms with van der Waals surface area (Å²) in [4.78, 5) is 36.7. The van der Waals surface area contributed by atoms with Crippen LogP contribution in [0.5, 0.6) is 0 Å². The second-order valence-corrected chi connectivity index (χ2v) is 7.67. The summed E-state index contributed by atoms with van der Waals surface area (Å²) in [5.74, 6) is 1.18. The maximum Gasteiger partial charge on any atom is 0.287 e. The minimum Gasteiger partial charge on any atom is -0.366 e. The Morgan fingerprint density at radius 1 is 1.19 bits per heavy atom. The maximum absolute atomic E-state index is 12.6. The molecule has 0 amide bonds. The lowest BCUT2D eigenvalue weighted by molar-refractivity contribution is -0.385. The highest BCUT2D eigenvalue weighted by atomic mass is 16.6. The molecule has 0 aliphatic carbocycles. The number of hydrogen-bond donors (Lipinski definition) is 2. The molecule has 0 bridgehead atoms. The fraction of sp³-hybridized carbons (Fsp3) is 0.238. The van der Waals surface area contributed by atoms with Crippen molar-refractivity contribution in [2.45, 2.75) is 19.0 Å². The third kappa shape index (κ3) is 3.93. The number of hydrogen-bond acceptors (Lipinski definition) is 8. The van der Waals surface area contributed by atoms with Crippen molar-refractivity contribution in [3.63, 3.8) is 0 Å². The Hall–Kier alpha value is -4.12. The molecular weight excluding hydrogens is 412 g/mol. The van der Waals surface area contributed by atoms with Gasteiger partial charge >= 0.3 is 0 Å². The van der Waals surface area contributed by atoms with Gasteiger partial charge in [-0.15, -0.1) is 0 Å². The van der Waals surface area contributed by atoms with E-state index in [9.17, 15) is 14.9 Å². The highest BCUT2D eigenvalue weighted by molar-refractivity contribution is 5.75. The highest BCUT2D eigenvalue weighted by Gasteiger charge is 2.24. The lowest BCUT2D eigenvalue weighted by Gasteiger charge is -2.16. The SMILES string of the molecule is O=c1[nH]c(CN2CCC(Nc3ccc([N+](=O)[O-])cn3)C2)nc2c1cnn2-c1ccccc1. The number of pyridine rings is 1. The van der Waals surface area contributed by atoms with Gasteiger partial charge in [0.1, 0.15) is 23.2 Å². The van der Waals surface area contributed by atoms with E-state index in [1.807, 2.05) is 30.3 Å². The van der Waals surface area contributed by atoms with E-state index in [1.54, 1.807) is 10.7 Å².